The van der Waals surface area contributed by atoms with Crippen LogP contribution in [0.1, 0.15) is 44.6 Å². The van der Waals surface area contributed by atoms with Crippen molar-refractivity contribution in [1.29, 1.82) is 0 Å². The number of aliphatic hydroxyl groups excluding tert-OH is 1. The second-order valence-electron chi connectivity index (χ2n) is 9.35. The zero-order chi connectivity index (χ0) is 25.4. The highest BCUT2D eigenvalue weighted by Gasteiger charge is 2.43. The number of hydrogen-bond donors (Lipinski definition) is 2. The fraction of sp³-hybridized carbons (Fsp3) is 0.481. The Balaban J connectivity index is 1.53. The first kappa shape index (κ1) is 26.7. The number of hydrogen-bond acceptors (Lipinski definition) is 6. The second kappa shape index (κ2) is 12.2. The predicted molar refractivity (Wildman–Crippen MR) is 132 cm³/mol. The first-order chi connectivity index (χ1) is 16.7. The third-order valence-electron chi connectivity index (χ3n) is 6.11. The number of amides is 2. The molecule has 35 heavy (non-hydrogen) atoms. The number of carbonyl (C=O) groups excluding carboxylic acids is 2. The van der Waals surface area contributed by atoms with E-state index in [2.05, 4.69) is 5.32 Å². The van der Waals surface area contributed by atoms with Crippen LogP contribution in [0.3, 0.4) is 0 Å². The Hall–Kier alpha value is -2.94. The van der Waals surface area contributed by atoms with E-state index in [1.165, 1.54) is 0 Å². The summed E-state index contributed by atoms with van der Waals surface area (Å²) in [6.45, 7) is 7.08. The maximum absolute atomic E-state index is 13.0. The van der Waals surface area contributed by atoms with Crippen molar-refractivity contribution >= 4 is 11.8 Å². The summed E-state index contributed by atoms with van der Waals surface area (Å²) in [7, 11) is 1.60. The van der Waals surface area contributed by atoms with Crippen molar-refractivity contribution < 1.29 is 28.9 Å². The molecule has 1 aliphatic rings. The Labute approximate surface area is 207 Å². The molecule has 2 unspecified atom stereocenters. The van der Waals surface area contributed by atoms with Gasteiger partial charge in [0.25, 0.3) is 5.91 Å². The van der Waals surface area contributed by atoms with Crippen LogP contribution in [0.15, 0.2) is 54.6 Å². The van der Waals surface area contributed by atoms with Crippen LogP contribution in [0.5, 0.6) is 5.75 Å². The SMILES string of the molecule is CCN(Cc1ccccc1)C(=O)C(O)CCNC(=O)C1O[C@H](c2ccc(OC)cc2)OCC1(C)C. The smallest absolute Gasteiger partial charge is 0.251 e. The van der Waals surface area contributed by atoms with E-state index in [-0.39, 0.29) is 24.8 Å². The Kier molecular flexibility index (Phi) is 9.26. The molecule has 1 heterocycles. The molecule has 0 radical (unpaired) electrons. The number of nitrogens with zero attached hydrogens (tertiary/aromatic N) is 1. The van der Waals surface area contributed by atoms with Gasteiger partial charge in [0.2, 0.25) is 5.91 Å². The average molecular weight is 485 g/mol. The Morgan fingerprint density at radius 3 is 2.49 bits per heavy atom. The molecule has 1 saturated heterocycles. The van der Waals surface area contributed by atoms with Crippen LogP contribution in [-0.4, -0.2) is 60.8 Å². The number of likely N-dealkylation sites (N-methyl/N-ethyl adjacent to an activating group) is 1. The molecule has 8 heteroatoms. The van der Waals surface area contributed by atoms with Gasteiger partial charge in [-0.3, -0.25) is 9.59 Å². The van der Waals surface area contributed by atoms with Gasteiger partial charge in [-0.05, 0) is 31.0 Å². The molecule has 2 aromatic rings. The number of carbonyl (C=O) groups is 2. The van der Waals surface area contributed by atoms with E-state index in [0.717, 1.165) is 16.9 Å². The number of rotatable bonds is 10. The van der Waals surface area contributed by atoms with E-state index in [1.54, 1.807) is 12.0 Å². The molecular formula is C27H36N2O6. The van der Waals surface area contributed by atoms with Crippen molar-refractivity contribution in [3.8, 4) is 5.75 Å². The lowest BCUT2D eigenvalue weighted by Gasteiger charge is -2.41. The van der Waals surface area contributed by atoms with E-state index >= 15 is 0 Å². The van der Waals surface area contributed by atoms with Gasteiger partial charge in [0.1, 0.15) is 18.0 Å². The van der Waals surface area contributed by atoms with Crippen LogP contribution in [0.2, 0.25) is 0 Å². The first-order valence-corrected chi connectivity index (χ1v) is 11.9. The van der Waals surface area contributed by atoms with Crippen LogP contribution in [0.4, 0.5) is 0 Å². The van der Waals surface area contributed by atoms with Gasteiger partial charge >= 0.3 is 0 Å². The molecule has 1 aliphatic heterocycles. The van der Waals surface area contributed by atoms with Crippen molar-refractivity contribution in [3.63, 3.8) is 0 Å². The summed E-state index contributed by atoms with van der Waals surface area (Å²) < 4.78 is 17.1. The third-order valence-corrected chi connectivity index (χ3v) is 6.11. The van der Waals surface area contributed by atoms with Crippen LogP contribution < -0.4 is 10.1 Å². The molecule has 2 aromatic carbocycles. The molecule has 3 rings (SSSR count). The largest absolute Gasteiger partial charge is 0.497 e. The Morgan fingerprint density at radius 2 is 1.86 bits per heavy atom. The molecule has 190 valence electrons. The van der Waals surface area contributed by atoms with Gasteiger partial charge in [-0.15, -0.1) is 0 Å². The van der Waals surface area contributed by atoms with Gasteiger partial charge in [-0.25, -0.2) is 0 Å². The van der Waals surface area contributed by atoms with Crippen molar-refractivity contribution in [2.75, 3.05) is 26.8 Å². The third kappa shape index (κ3) is 7.04. The standard InChI is InChI=1S/C27H36N2O6/c1-5-29(17-19-9-7-6-8-10-19)25(32)22(30)15-16-28-24(31)23-27(2,3)18-34-26(35-23)20-11-13-21(33-4)14-12-20/h6-14,22-23,26,30H,5,15-18H2,1-4H3,(H,28,31)/t22?,23?,26-/m1/s1. The molecule has 2 N–H and O–H groups in total. The summed E-state index contributed by atoms with van der Waals surface area (Å²) >= 11 is 0. The lowest BCUT2D eigenvalue weighted by molar-refractivity contribution is -0.258. The predicted octanol–water partition coefficient (Wildman–Crippen LogP) is 3.05. The molecule has 0 spiro atoms. The molecule has 1 fully saturated rings. The lowest BCUT2D eigenvalue weighted by atomic mass is 9.85. The topological polar surface area (TPSA) is 97.3 Å². The average Bonchev–Trinajstić information content (AvgIpc) is 2.87. The Morgan fingerprint density at radius 1 is 1.17 bits per heavy atom. The molecule has 0 aliphatic carbocycles. The molecule has 0 aromatic heterocycles. The first-order valence-electron chi connectivity index (χ1n) is 11.9. The highest BCUT2D eigenvalue weighted by Crippen LogP contribution is 2.36. The normalized spacial score (nSPS) is 20.0. The van der Waals surface area contributed by atoms with Crippen molar-refractivity contribution in [3.05, 3.63) is 65.7 Å². The van der Waals surface area contributed by atoms with E-state index in [9.17, 15) is 14.7 Å². The minimum absolute atomic E-state index is 0.113. The molecule has 2 amide bonds. The maximum Gasteiger partial charge on any atom is 0.251 e. The number of ether oxygens (including phenoxy) is 3. The molecular weight excluding hydrogens is 448 g/mol. The molecule has 0 bridgehead atoms. The zero-order valence-electron chi connectivity index (χ0n) is 20.9. The highest BCUT2D eigenvalue weighted by molar-refractivity contribution is 5.82. The number of nitrogens with one attached hydrogen (secondary N) is 1. The Bertz CT molecular complexity index is 963. The van der Waals surface area contributed by atoms with Crippen molar-refractivity contribution in [2.24, 2.45) is 5.41 Å². The summed E-state index contributed by atoms with van der Waals surface area (Å²) in [5.41, 5.74) is 1.24. The van der Waals surface area contributed by atoms with Gasteiger partial charge < -0.3 is 29.5 Å². The van der Waals surface area contributed by atoms with Gasteiger partial charge in [0.15, 0.2) is 6.29 Å². The van der Waals surface area contributed by atoms with Crippen LogP contribution in [-0.2, 0) is 25.6 Å². The van der Waals surface area contributed by atoms with Crippen molar-refractivity contribution in [1.82, 2.24) is 10.2 Å². The van der Waals surface area contributed by atoms with Gasteiger partial charge in [0.05, 0.1) is 13.7 Å². The second-order valence-corrected chi connectivity index (χ2v) is 9.35. The van der Waals surface area contributed by atoms with Crippen LogP contribution in [0.25, 0.3) is 0 Å². The number of aliphatic hydroxyl groups is 1. The van der Waals surface area contributed by atoms with Gasteiger partial charge in [-0.2, -0.15) is 0 Å². The van der Waals surface area contributed by atoms with E-state index in [1.807, 2.05) is 75.4 Å². The summed E-state index contributed by atoms with van der Waals surface area (Å²) in [6, 6.07) is 16.9. The minimum Gasteiger partial charge on any atom is -0.497 e. The monoisotopic (exact) mass is 484 g/mol. The zero-order valence-corrected chi connectivity index (χ0v) is 20.9. The minimum atomic E-state index is -1.20. The fourth-order valence-corrected chi connectivity index (χ4v) is 3.97. The summed E-state index contributed by atoms with van der Waals surface area (Å²) in [5, 5.41) is 13.3. The van der Waals surface area contributed by atoms with Gasteiger partial charge in [-0.1, -0.05) is 56.3 Å². The van der Waals surface area contributed by atoms with Crippen molar-refractivity contribution in [2.45, 2.75) is 52.2 Å². The van der Waals surface area contributed by atoms with E-state index in [0.29, 0.717) is 19.7 Å². The molecule has 0 saturated carbocycles. The maximum atomic E-state index is 13.0. The summed E-state index contributed by atoms with van der Waals surface area (Å²) in [4.78, 5) is 27.3. The lowest BCUT2D eigenvalue weighted by Crippen LogP contribution is -2.52. The highest BCUT2D eigenvalue weighted by atomic mass is 16.7. The van der Waals surface area contributed by atoms with E-state index < -0.39 is 23.9 Å². The number of benzene rings is 2. The van der Waals surface area contributed by atoms with Gasteiger partial charge in [0, 0.05) is 30.6 Å². The number of methoxy groups -OCH3 is 1. The molecule has 3 atom stereocenters. The summed E-state index contributed by atoms with van der Waals surface area (Å²) in [6.07, 6.45) is -2.51. The fourth-order valence-electron chi connectivity index (χ4n) is 3.97. The van der Waals surface area contributed by atoms with E-state index in [4.69, 9.17) is 14.2 Å². The van der Waals surface area contributed by atoms with Crippen LogP contribution in [0, 0.1) is 5.41 Å². The quantitative estimate of drug-likeness (QED) is 0.538. The van der Waals surface area contributed by atoms with Crippen LogP contribution >= 0.6 is 0 Å². The molecule has 8 nitrogen and oxygen atoms in total. The summed E-state index contributed by atoms with van der Waals surface area (Å²) in [5.74, 6) is 0.0682.